The minimum Gasteiger partial charge on any atom is -0.299 e. The molecular formula is C6H10N4O2. The van der Waals surface area contributed by atoms with E-state index in [4.69, 9.17) is 5.84 Å². The summed E-state index contributed by atoms with van der Waals surface area (Å²) < 4.78 is 1.25. The zero-order valence-corrected chi connectivity index (χ0v) is 6.87. The first-order valence-electron chi connectivity index (χ1n) is 3.31. The van der Waals surface area contributed by atoms with Gasteiger partial charge >= 0.3 is 5.69 Å². The van der Waals surface area contributed by atoms with Crippen molar-refractivity contribution in [1.82, 2.24) is 9.55 Å². The monoisotopic (exact) mass is 170 g/mol. The van der Waals surface area contributed by atoms with Gasteiger partial charge in [-0.15, -0.1) is 0 Å². The van der Waals surface area contributed by atoms with Crippen LogP contribution in [0.5, 0.6) is 0 Å². The van der Waals surface area contributed by atoms with Crippen LogP contribution < -0.4 is 22.1 Å². The van der Waals surface area contributed by atoms with Crippen LogP contribution >= 0.6 is 0 Å². The van der Waals surface area contributed by atoms with Gasteiger partial charge in [-0.05, 0) is 0 Å². The topological polar surface area (TPSA) is 84.1 Å². The summed E-state index contributed by atoms with van der Waals surface area (Å²) in [5.41, 5.74) is -0.930. The fourth-order valence-electron chi connectivity index (χ4n) is 0.882. The summed E-state index contributed by atoms with van der Waals surface area (Å²) in [5, 5.41) is 1.20. The third-order valence-corrected chi connectivity index (χ3v) is 1.50. The highest BCUT2D eigenvalue weighted by Gasteiger charge is 2.02. The first-order chi connectivity index (χ1) is 5.52. The fourth-order valence-corrected chi connectivity index (χ4v) is 0.882. The zero-order chi connectivity index (χ0) is 9.30. The molecular weight excluding hydrogens is 160 g/mol. The molecule has 0 radical (unpaired) electrons. The van der Waals surface area contributed by atoms with Crippen molar-refractivity contribution in [3.63, 3.8) is 0 Å². The van der Waals surface area contributed by atoms with Gasteiger partial charge in [-0.2, -0.15) is 0 Å². The lowest BCUT2D eigenvalue weighted by Crippen LogP contribution is -2.36. The Bertz CT molecular complexity index is 389. The van der Waals surface area contributed by atoms with E-state index in [0.29, 0.717) is 5.82 Å². The Kier molecular flexibility index (Phi) is 2.01. The van der Waals surface area contributed by atoms with Crippen LogP contribution in [0.2, 0.25) is 0 Å². The molecule has 3 N–H and O–H groups in total. The van der Waals surface area contributed by atoms with E-state index in [0.717, 1.165) is 0 Å². The quantitative estimate of drug-likeness (QED) is 0.392. The first-order valence-corrected chi connectivity index (χ1v) is 3.31. The van der Waals surface area contributed by atoms with Crippen LogP contribution in [0, 0.1) is 0 Å². The summed E-state index contributed by atoms with van der Waals surface area (Å²) in [6, 6.07) is 1.25. The predicted octanol–water partition coefficient (Wildman–Crippen LogP) is -1.62. The Morgan fingerprint density at radius 3 is 2.67 bits per heavy atom. The molecule has 0 aromatic carbocycles. The molecule has 66 valence electrons. The number of hydrazine groups is 1. The molecule has 1 heterocycles. The average molecular weight is 170 g/mol. The van der Waals surface area contributed by atoms with Gasteiger partial charge in [0.1, 0.15) is 5.82 Å². The van der Waals surface area contributed by atoms with Crippen molar-refractivity contribution in [3.05, 3.63) is 26.9 Å². The van der Waals surface area contributed by atoms with Gasteiger partial charge in [0.05, 0.1) is 0 Å². The highest BCUT2D eigenvalue weighted by atomic mass is 16.2. The lowest BCUT2D eigenvalue weighted by molar-refractivity contribution is 0.766. The number of H-pyrrole nitrogens is 1. The minimum atomic E-state index is -0.477. The Balaban J connectivity index is 3.49. The minimum absolute atomic E-state index is 0.365. The van der Waals surface area contributed by atoms with Gasteiger partial charge in [-0.25, -0.2) is 10.6 Å². The molecule has 0 spiro atoms. The van der Waals surface area contributed by atoms with E-state index in [2.05, 4.69) is 4.98 Å². The highest BCUT2D eigenvalue weighted by molar-refractivity contribution is 5.34. The molecule has 1 aromatic rings. The van der Waals surface area contributed by atoms with Crippen molar-refractivity contribution in [1.29, 1.82) is 0 Å². The van der Waals surface area contributed by atoms with E-state index >= 15 is 0 Å². The second-order valence-electron chi connectivity index (χ2n) is 2.47. The summed E-state index contributed by atoms with van der Waals surface area (Å²) >= 11 is 0. The lowest BCUT2D eigenvalue weighted by Gasteiger charge is -2.14. The van der Waals surface area contributed by atoms with Crippen molar-refractivity contribution in [2.24, 2.45) is 12.9 Å². The van der Waals surface area contributed by atoms with Gasteiger partial charge in [-0.3, -0.25) is 19.4 Å². The van der Waals surface area contributed by atoms with E-state index in [1.165, 1.54) is 22.7 Å². The number of anilines is 1. The molecule has 0 aliphatic rings. The van der Waals surface area contributed by atoms with Gasteiger partial charge < -0.3 is 0 Å². The average Bonchev–Trinajstić information content (AvgIpc) is 1.96. The van der Waals surface area contributed by atoms with E-state index in [1.54, 1.807) is 7.05 Å². The molecule has 0 fully saturated rings. The molecule has 1 rings (SSSR count). The third kappa shape index (κ3) is 1.37. The van der Waals surface area contributed by atoms with Crippen LogP contribution in [0.4, 0.5) is 5.82 Å². The number of hydrogen-bond acceptors (Lipinski definition) is 4. The molecule has 0 bridgehead atoms. The molecule has 0 saturated heterocycles. The van der Waals surface area contributed by atoms with Crippen LogP contribution in [-0.4, -0.2) is 16.6 Å². The van der Waals surface area contributed by atoms with Gasteiger partial charge in [0.2, 0.25) is 0 Å². The van der Waals surface area contributed by atoms with Crippen molar-refractivity contribution in [2.75, 3.05) is 12.1 Å². The highest BCUT2D eigenvalue weighted by Crippen LogP contribution is 1.98. The number of nitrogens with two attached hydrogens (primary N) is 1. The molecule has 0 unspecified atom stereocenters. The SMILES string of the molecule is CN(N)c1cc(=O)[nH]c(=O)n1C. The van der Waals surface area contributed by atoms with Gasteiger partial charge in [0.25, 0.3) is 5.56 Å². The maximum atomic E-state index is 11.0. The van der Waals surface area contributed by atoms with E-state index in [9.17, 15) is 9.59 Å². The lowest BCUT2D eigenvalue weighted by atomic mass is 10.5. The Labute approximate surface area is 68.2 Å². The summed E-state index contributed by atoms with van der Waals surface area (Å²) in [6.45, 7) is 0. The normalized spacial score (nSPS) is 9.92. The number of rotatable bonds is 1. The Morgan fingerprint density at radius 1 is 1.58 bits per heavy atom. The fraction of sp³-hybridized carbons (Fsp3) is 0.333. The van der Waals surface area contributed by atoms with Crippen LogP contribution in [0.25, 0.3) is 0 Å². The van der Waals surface area contributed by atoms with Crippen LogP contribution in [0.1, 0.15) is 0 Å². The van der Waals surface area contributed by atoms with Crippen molar-refractivity contribution >= 4 is 5.82 Å². The summed E-state index contributed by atoms with van der Waals surface area (Å²) in [7, 11) is 3.07. The van der Waals surface area contributed by atoms with Crippen molar-refractivity contribution in [2.45, 2.75) is 0 Å². The molecule has 12 heavy (non-hydrogen) atoms. The third-order valence-electron chi connectivity index (χ3n) is 1.50. The number of nitrogens with one attached hydrogen (secondary N) is 1. The zero-order valence-electron chi connectivity index (χ0n) is 6.87. The van der Waals surface area contributed by atoms with E-state index in [-0.39, 0.29) is 0 Å². The second kappa shape index (κ2) is 2.82. The molecule has 0 aliphatic carbocycles. The second-order valence-corrected chi connectivity index (χ2v) is 2.47. The molecule has 1 aromatic heterocycles. The van der Waals surface area contributed by atoms with E-state index in [1.807, 2.05) is 0 Å². The molecule has 0 aliphatic heterocycles. The predicted molar refractivity (Wildman–Crippen MR) is 44.9 cm³/mol. The number of aromatic nitrogens is 2. The van der Waals surface area contributed by atoms with Crippen LogP contribution in [-0.2, 0) is 7.05 Å². The maximum absolute atomic E-state index is 11.0. The molecule has 0 atom stereocenters. The Morgan fingerprint density at radius 2 is 2.17 bits per heavy atom. The van der Waals surface area contributed by atoms with Crippen molar-refractivity contribution < 1.29 is 0 Å². The van der Waals surface area contributed by atoms with Gasteiger partial charge in [-0.1, -0.05) is 0 Å². The molecule has 0 saturated carbocycles. The van der Waals surface area contributed by atoms with Crippen LogP contribution in [0.3, 0.4) is 0 Å². The smallest absolute Gasteiger partial charge is 0.299 e. The van der Waals surface area contributed by atoms with Gasteiger partial charge in [0, 0.05) is 20.2 Å². The maximum Gasteiger partial charge on any atom is 0.329 e. The largest absolute Gasteiger partial charge is 0.329 e. The van der Waals surface area contributed by atoms with Crippen LogP contribution in [0.15, 0.2) is 15.7 Å². The first kappa shape index (κ1) is 8.54. The molecule has 6 heteroatoms. The number of aromatic amines is 1. The number of hydrogen-bond donors (Lipinski definition) is 2. The summed E-state index contributed by atoms with van der Waals surface area (Å²) in [5.74, 6) is 5.74. The standard InChI is InChI=1S/C6H10N4O2/c1-9-5(10(2)7)3-4(11)8-6(9)12/h3H,7H2,1-2H3,(H,8,11,12). The summed E-state index contributed by atoms with van der Waals surface area (Å²) in [4.78, 5) is 23.9. The molecule has 6 nitrogen and oxygen atoms in total. The molecule has 0 amide bonds. The van der Waals surface area contributed by atoms with Crippen molar-refractivity contribution in [3.8, 4) is 0 Å². The number of nitrogens with zero attached hydrogens (tertiary/aromatic N) is 2. The summed E-state index contributed by atoms with van der Waals surface area (Å²) in [6.07, 6.45) is 0. The Hall–Kier alpha value is -1.56. The van der Waals surface area contributed by atoms with E-state index < -0.39 is 11.2 Å². The van der Waals surface area contributed by atoms with Gasteiger partial charge in [0.15, 0.2) is 0 Å².